The van der Waals surface area contributed by atoms with Crippen LogP contribution in [0, 0.1) is 28.5 Å². The molecule has 0 unspecified atom stereocenters. The third kappa shape index (κ3) is 3.54. The number of fused-ring (bicyclic) bond motifs is 1. The predicted molar refractivity (Wildman–Crippen MR) is 120 cm³/mol. The van der Waals surface area contributed by atoms with E-state index in [1.165, 1.54) is 29.2 Å². The molecule has 11 heteroatoms. The van der Waals surface area contributed by atoms with Crippen molar-refractivity contribution >= 4 is 34.4 Å². The van der Waals surface area contributed by atoms with Gasteiger partial charge < -0.3 is 11.5 Å². The number of rotatable bonds is 4. The lowest BCUT2D eigenvalue weighted by atomic mass is 10.2. The maximum Gasteiger partial charge on any atom is 0.270 e. The van der Waals surface area contributed by atoms with Crippen LogP contribution in [-0.2, 0) is 0 Å². The van der Waals surface area contributed by atoms with Crippen LogP contribution in [0.25, 0.3) is 16.6 Å². The van der Waals surface area contributed by atoms with E-state index >= 15 is 0 Å². The zero-order valence-corrected chi connectivity index (χ0v) is 17.3. The molecule has 0 spiro atoms. The van der Waals surface area contributed by atoms with Crippen molar-refractivity contribution < 1.29 is 4.39 Å². The third-order valence-corrected chi connectivity index (χ3v) is 4.92. The van der Waals surface area contributed by atoms with E-state index in [-0.39, 0.29) is 57.8 Å². The molecule has 0 amide bonds. The number of aromatic nitrogens is 4. The Hall–Kier alpha value is -5.03. The van der Waals surface area contributed by atoms with Crippen LogP contribution in [0.2, 0.25) is 0 Å². The number of benzene rings is 2. The first-order valence-electron chi connectivity index (χ1n) is 9.72. The van der Waals surface area contributed by atoms with E-state index in [0.717, 1.165) is 4.57 Å². The first kappa shape index (κ1) is 21.2. The van der Waals surface area contributed by atoms with Gasteiger partial charge in [-0.25, -0.2) is 13.9 Å². The van der Waals surface area contributed by atoms with Gasteiger partial charge in [-0.1, -0.05) is 12.1 Å². The number of nitrogens with two attached hydrogens (primary N) is 2. The van der Waals surface area contributed by atoms with Crippen LogP contribution in [0.1, 0.15) is 18.1 Å². The Morgan fingerprint density at radius 2 is 1.85 bits per heavy atom. The summed E-state index contributed by atoms with van der Waals surface area (Å²) < 4.78 is 15.8. The first-order valence-corrected chi connectivity index (χ1v) is 9.72. The predicted octanol–water partition coefficient (Wildman–Crippen LogP) is 2.38. The molecule has 2 aromatic carbocycles. The lowest BCUT2D eigenvalue weighted by molar-refractivity contribution is 0.637. The van der Waals surface area contributed by atoms with Crippen LogP contribution < -0.4 is 21.9 Å². The molecule has 10 nitrogen and oxygen atoms in total. The largest absolute Gasteiger partial charge is 0.382 e. The van der Waals surface area contributed by atoms with Crippen molar-refractivity contribution in [1.82, 2.24) is 19.5 Å². The molecule has 0 aliphatic heterocycles. The van der Waals surface area contributed by atoms with E-state index in [1.54, 1.807) is 25.1 Å². The van der Waals surface area contributed by atoms with Crippen LogP contribution in [-0.4, -0.2) is 26.1 Å². The molecule has 162 valence electrons. The summed E-state index contributed by atoms with van der Waals surface area (Å²) >= 11 is 0. The average molecular weight is 441 g/mol. The Morgan fingerprint density at radius 3 is 2.55 bits per heavy atom. The molecule has 0 bridgehead atoms. The summed E-state index contributed by atoms with van der Waals surface area (Å²) in [6, 6.07) is 14.3. The van der Waals surface area contributed by atoms with Gasteiger partial charge in [-0.3, -0.25) is 9.69 Å². The van der Waals surface area contributed by atoms with Gasteiger partial charge in [-0.15, -0.1) is 0 Å². The van der Waals surface area contributed by atoms with Crippen molar-refractivity contribution in [3.8, 4) is 17.8 Å². The Kier molecular flexibility index (Phi) is 5.30. The first-order chi connectivity index (χ1) is 15.9. The van der Waals surface area contributed by atoms with Crippen molar-refractivity contribution in [2.24, 2.45) is 0 Å². The van der Waals surface area contributed by atoms with Crippen molar-refractivity contribution in [3.63, 3.8) is 0 Å². The molecule has 33 heavy (non-hydrogen) atoms. The molecule has 2 heterocycles. The zero-order valence-electron chi connectivity index (χ0n) is 17.3. The molecular weight excluding hydrogens is 425 g/mol. The van der Waals surface area contributed by atoms with E-state index in [0.29, 0.717) is 0 Å². The van der Waals surface area contributed by atoms with Crippen LogP contribution in [0.3, 0.4) is 0 Å². The summed E-state index contributed by atoms with van der Waals surface area (Å²) in [4.78, 5) is 27.5. The maximum atomic E-state index is 14.6. The van der Waals surface area contributed by atoms with E-state index in [1.807, 2.05) is 12.1 Å². The van der Waals surface area contributed by atoms with Crippen molar-refractivity contribution in [1.29, 1.82) is 10.5 Å². The number of hydrogen-bond acceptors (Lipinski definition) is 9. The molecule has 2 aromatic heterocycles. The van der Waals surface area contributed by atoms with Gasteiger partial charge in [0.2, 0.25) is 11.9 Å². The topological polar surface area (TPSA) is 164 Å². The van der Waals surface area contributed by atoms with Crippen LogP contribution in [0.4, 0.5) is 27.9 Å². The van der Waals surface area contributed by atoms with Crippen molar-refractivity contribution in [2.45, 2.75) is 6.92 Å². The van der Waals surface area contributed by atoms with Crippen LogP contribution >= 0.6 is 0 Å². The second-order valence-corrected chi connectivity index (χ2v) is 6.87. The Morgan fingerprint density at radius 1 is 1.09 bits per heavy atom. The van der Waals surface area contributed by atoms with Gasteiger partial charge in [-0.2, -0.15) is 20.5 Å². The Balaban J connectivity index is 2.14. The van der Waals surface area contributed by atoms with E-state index in [9.17, 15) is 19.7 Å². The standard InChI is InChI=1S/C22H16FN9O/c1-2-31(19-14(11-25)18(26)29-21(27)30-19)22-28-16-8-4-7-15(23)17(16)20(33)32(22)13-6-3-5-12(9-13)10-24/h3-9H,2H2,1H3,(H4,26,27,29,30). The van der Waals surface area contributed by atoms with Gasteiger partial charge in [0.1, 0.15) is 28.7 Å². The normalized spacial score (nSPS) is 10.5. The fraction of sp³-hybridized carbons (Fsp3) is 0.0909. The number of hydrogen-bond donors (Lipinski definition) is 2. The Labute approximate surface area is 186 Å². The third-order valence-electron chi connectivity index (χ3n) is 4.92. The summed E-state index contributed by atoms with van der Waals surface area (Å²) in [5.74, 6) is -0.974. The highest BCUT2D eigenvalue weighted by molar-refractivity contribution is 5.81. The average Bonchev–Trinajstić information content (AvgIpc) is 2.79. The minimum atomic E-state index is -0.738. The quantitative estimate of drug-likeness (QED) is 0.484. The second kappa shape index (κ2) is 8.24. The highest BCUT2D eigenvalue weighted by Crippen LogP contribution is 2.30. The monoisotopic (exact) mass is 441 g/mol. The molecule has 4 rings (SSSR count). The molecule has 0 saturated heterocycles. The van der Waals surface area contributed by atoms with E-state index < -0.39 is 11.4 Å². The summed E-state index contributed by atoms with van der Waals surface area (Å²) in [6.45, 7) is 1.93. The maximum absolute atomic E-state index is 14.6. The van der Waals surface area contributed by atoms with Gasteiger partial charge in [0.25, 0.3) is 5.56 Å². The zero-order chi connectivity index (χ0) is 23.7. The summed E-state index contributed by atoms with van der Waals surface area (Å²) in [6.07, 6.45) is 0. The van der Waals surface area contributed by atoms with Crippen molar-refractivity contribution in [3.05, 3.63) is 69.8 Å². The summed E-state index contributed by atoms with van der Waals surface area (Å²) in [5.41, 5.74) is 11.6. The highest BCUT2D eigenvalue weighted by atomic mass is 19.1. The molecule has 4 aromatic rings. The van der Waals surface area contributed by atoms with Crippen LogP contribution in [0.15, 0.2) is 47.3 Å². The lowest BCUT2D eigenvalue weighted by Crippen LogP contribution is -2.31. The highest BCUT2D eigenvalue weighted by Gasteiger charge is 2.25. The second-order valence-electron chi connectivity index (χ2n) is 6.87. The molecule has 0 atom stereocenters. The lowest BCUT2D eigenvalue weighted by Gasteiger charge is -2.26. The Bertz CT molecular complexity index is 1550. The number of nitrogens with zero attached hydrogens (tertiary/aromatic N) is 7. The van der Waals surface area contributed by atoms with E-state index in [4.69, 9.17) is 11.5 Å². The van der Waals surface area contributed by atoms with Crippen molar-refractivity contribution in [2.75, 3.05) is 22.9 Å². The van der Waals surface area contributed by atoms with E-state index in [2.05, 4.69) is 15.0 Å². The minimum Gasteiger partial charge on any atom is -0.382 e. The fourth-order valence-corrected chi connectivity index (χ4v) is 3.48. The smallest absolute Gasteiger partial charge is 0.270 e. The molecule has 0 saturated carbocycles. The van der Waals surface area contributed by atoms with Gasteiger partial charge in [0, 0.05) is 6.54 Å². The SMILES string of the molecule is CCN(c1nc(N)nc(N)c1C#N)c1nc2cccc(F)c2c(=O)n1-c1cccc(C#N)c1. The molecular formula is C22H16FN9O. The molecule has 0 radical (unpaired) electrons. The van der Waals surface area contributed by atoms with Gasteiger partial charge >= 0.3 is 0 Å². The molecule has 4 N–H and O–H groups in total. The number of nitriles is 2. The van der Waals surface area contributed by atoms with Gasteiger partial charge in [-0.05, 0) is 37.3 Å². The number of anilines is 4. The van der Waals surface area contributed by atoms with Gasteiger partial charge in [0.15, 0.2) is 5.82 Å². The minimum absolute atomic E-state index is 0.0321. The number of nitrogen functional groups attached to an aromatic ring is 2. The summed E-state index contributed by atoms with van der Waals surface area (Å²) in [7, 11) is 0. The molecule has 0 aliphatic carbocycles. The van der Waals surface area contributed by atoms with Crippen LogP contribution in [0.5, 0.6) is 0 Å². The molecule has 0 fully saturated rings. The fourth-order valence-electron chi connectivity index (χ4n) is 3.48. The number of halogens is 1. The summed E-state index contributed by atoms with van der Waals surface area (Å²) in [5, 5.41) is 18.7. The molecule has 0 aliphatic rings. The van der Waals surface area contributed by atoms with Gasteiger partial charge in [0.05, 0.1) is 22.8 Å².